The van der Waals surface area contributed by atoms with Gasteiger partial charge in [-0.3, -0.25) is 4.79 Å². The second kappa shape index (κ2) is 7.55. The second-order valence-corrected chi connectivity index (χ2v) is 6.17. The van der Waals surface area contributed by atoms with Gasteiger partial charge in [0.1, 0.15) is 17.1 Å². The van der Waals surface area contributed by atoms with E-state index in [2.05, 4.69) is 4.98 Å². The van der Waals surface area contributed by atoms with Crippen molar-refractivity contribution in [3.8, 4) is 0 Å². The van der Waals surface area contributed by atoms with E-state index in [-0.39, 0.29) is 11.9 Å². The standard InChI is InChI=1S/C18H22N2O5/c1-3-14-16(19-11-25-14)17(21)20-7-4-12(5-8-20)10-15-13(6-9-24-15)18(22)23-2/h6,9,11-12H,3-5,7-8,10H2,1-2H3. The molecule has 25 heavy (non-hydrogen) atoms. The number of hydrogen-bond donors (Lipinski definition) is 0. The van der Waals surface area contributed by atoms with Crippen LogP contribution in [-0.4, -0.2) is 42.0 Å². The molecule has 7 heteroatoms. The molecule has 2 aromatic heterocycles. The van der Waals surface area contributed by atoms with Gasteiger partial charge in [-0.1, -0.05) is 6.92 Å². The zero-order chi connectivity index (χ0) is 17.8. The van der Waals surface area contributed by atoms with E-state index >= 15 is 0 Å². The minimum absolute atomic E-state index is 0.0719. The fourth-order valence-corrected chi connectivity index (χ4v) is 3.24. The van der Waals surface area contributed by atoms with Gasteiger partial charge in [-0.25, -0.2) is 9.78 Å². The average molecular weight is 346 g/mol. The largest absolute Gasteiger partial charge is 0.468 e. The Bertz CT molecular complexity index is 740. The molecule has 3 rings (SSSR count). The number of rotatable bonds is 5. The lowest BCUT2D eigenvalue weighted by Gasteiger charge is -2.31. The van der Waals surface area contributed by atoms with Crippen LogP contribution in [0.3, 0.4) is 0 Å². The number of carbonyl (C=O) groups excluding carboxylic acids is 2. The molecule has 2 aromatic rings. The summed E-state index contributed by atoms with van der Waals surface area (Å²) >= 11 is 0. The summed E-state index contributed by atoms with van der Waals surface area (Å²) in [6.45, 7) is 3.26. The van der Waals surface area contributed by atoms with Gasteiger partial charge in [0.15, 0.2) is 12.1 Å². The highest BCUT2D eigenvalue weighted by Gasteiger charge is 2.28. The second-order valence-electron chi connectivity index (χ2n) is 6.17. The van der Waals surface area contributed by atoms with Gasteiger partial charge in [0.2, 0.25) is 0 Å². The summed E-state index contributed by atoms with van der Waals surface area (Å²) < 4.78 is 15.5. The van der Waals surface area contributed by atoms with Crippen LogP contribution < -0.4 is 0 Å². The molecule has 0 N–H and O–H groups in total. The average Bonchev–Trinajstić information content (AvgIpc) is 3.30. The lowest BCUT2D eigenvalue weighted by atomic mass is 9.91. The number of piperidine rings is 1. The summed E-state index contributed by atoms with van der Waals surface area (Å²) in [6, 6.07) is 1.64. The van der Waals surface area contributed by atoms with E-state index in [1.54, 1.807) is 6.07 Å². The third-order valence-corrected chi connectivity index (χ3v) is 4.69. The van der Waals surface area contributed by atoms with Gasteiger partial charge in [0.05, 0.1) is 13.4 Å². The summed E-state index contributed by atoms with van der Waals surface area (Å²) in [4.78, 5) is 30.2. The molecule has 0 aromatic carbocycles. The van der Waals surface area contributed by atoms with Crippen molar-refractivity contribution in [2.24, 2.45) is 5.92 Å². The van der Waals surface area contributed by atoms with E-state index in [0.29, 0.717) is 54.6 Å². The van der Waals surface area contributed by atoms with Crippen LogP contribution in [0.1, 0.15) is 52.1 Å². The van der Waals surface area contributed by atoms with Crippen LogP contribution in [0.2, 0.25) is 0 Å². The Morgan fingerprint density at radius 3 is 2.72 bits per heavy atom. The number of aromatic nitrogens is 1. The van der Waals surface area contributed by atoms with Crippen LogP contribution in [0.15, 0.2) is 27.6 Å². The molecule has 1 amide bonds. The Balaban J connectivity index is 1.58. The molecule has 0 aliphatic carbocycles. The highest BCUT2D eigenvalue weighted by Crippen LogP contribution is 2.25. The Hall–Kier alpha value is -2.57. The maximum Gasteiger partial charge on any atom is 0.341 e. The van der Waals surface area contributed by atoms with Gasteiger partial charge >= 0.3 is 5.97 Å². The minimum atomic E-state index is -0.380. The number of aryl methyl sites for hydroxylation is 1. The lowest BCUT2D eigenvalue weighted by Crippen LogP contribution is -2.39. The number of nitrogens with zero attached hydrogens (tertiary/aromatic N) is 2. The van der Waals surface area contributed by atoms with E-state index in [1.807, 2.05) is 11.8 Å². The van der Waals surface area contributed by atoms with E-state index in [1.165, 1.54) is 19.8 Å². The number of oxazole rings is 1. The van der Waals surface area contributed by atoms with Crippen molar-refractivity contribution in [1.29, 1.82) is 0 Å². The highest BCUT2D eigenvalue weighted by atomic mass is 16.5. The lowest BCUT2D eigenvalue weighted by molar-refractivity contribution is 0.0597. The molecule has 1 saturated heterocycles. The van der Waals surface area contributed by atoms with Gasteiger partial charge in [-0.2, -0.15) is 0 Å². The minimum Gasteiger partial charge on any atom is -0.468 e. The topological polar surface area (TPSA) is 85.8 Å². The predicted molar refractivity (Wildman–Crippen MR) is 88.3 cm³/mol. The zero-order valence-corrected chi connectivity index (χ0v) is 14.5. The van der Waals surface area contributed by atoms with E-state index in [9.17, 15) is 9.59 Å². The molecule has 134 valence electrons. The van der Waals surface area contributed by atoms with Crippen LogP contribution in [0.5, 0.6) is 0 Å². The summed E-state index contributed by atoms with van der Waals surface area (Å²) in [5.74, 6) is 1.19. The highest BCUT2D eigenvalue weighted by molar-refractivity contribution is 5.93. The van der Waals surface area contributed by atoms with E-state index in [0.717, 1.165) is 12.8 Å². The first-order chi connectivity index (χ1) is 12.1. The van der Waals surface area contributed by atoms with Gasteiger partial charge in [0.25, 0.3) is 5.91 Å². The van der Waals surface area contributed by atoms with Crippen molar-refractivity contribution < 1.29 is 23.2 Å². The fourth-order valence-electron chi connectivity index (χ4n) is 3.24. The third kappa shape index (κ3) is 3.60. The molecular weight excluding hydrogens is 324 g/mol. The number of methoxy groups -OCH3 is 1. The Morgan fingerprint density at radius 2 is 2.04 bits per heavy atom. The first-order valence-corrected chi connectivity index (χ1v) is 8.50. The summed E-state index contributed by atoms with van der Waals surface area (Å²) in [6.07, 6.45) is 5.86. The van der Waals surface area contributed by atoms with Crippen molar-refractivity contribution >= 4 is 11.9 Å². The van der Waals surface area contributed by atoms with Gasteiger partial charge in [-0.05, 0) is 24.8 Å². The predicted octanol–water partition coefficient (Wildman–Crippen LogP) is 2.71. The number of esters is 1. The molecule has 0 bridgehead atoms. The number of carbonyl (C=O) groups is 2. The van der Waals surface area contributed by atoms with Crippen LogP contribution in [0, 0.1) is 5.92 Å². The molecule has 0 atom stereocenters. The Kier molecular flexibility index (Phi) is 5.21. The number of likely N-dealkylation sites (tertiary alicyclic amines) is 1. The SMILES string of the molecule is CCc1ocnc1C(=O)N1CCC(Cc2occc2C(=O)OC)CC1. The van der Waals surface area contributed by atoms with Gasteiger partial charge in [-0.15, -0.1) is 0 Å². The maximum atomic E-state index is 12.6. The molecule has 1 aliphatic rings. The zero-order valence-electron chi connectivity index (χ0n) is 14.5. The molecule has 0 unspecified atom stereocenters. The Labute approximate surface area is 146 Å². The number of hydrogen-bond acceptors (Lipinski definition) is 6. The van der Waals surface area contributed by atoms with E-state index in [4.69, 9.17) is 13.6 Å². The summed E-state index contributed by atoms with van der Waals surface area (Å²) in [5.41, 5.74) is 0.899. The van der Waals surface area contributed by atoms with Gasteiger partial charge < -0.3 is 18.5 Å². The van der Waals surface area contributed by atoms with Crippen molar-refractivity contribution in [1.82, 2.24) is 9.88 Å². The van der Waals surface area contributed by atoms with Crippen molar-refractivity contribution in [3.05, 3.63) is 41.5 Å². The molecule has 0 spiro atoms. The monoisotopic (exact) mass is 346 g/mol. The third-order valence-electron chi connectivity index (χ3n) is 4.69. The maximum absolute atomic E-state index is 12.6. The molecule has 3 heterocycles. The summed E-state index contributed by atoms with van der Waals surface area (Å²) in [5, 5.41) is 0. The first-order valence-electron chi connectivity index (χ1n) is 8.50. The molecule has 0 radical (unpaired) electrons. The smallest absolute Gasteiger partial charge is 0.341 e. The van der Waals surface area contributed by atoms with Gasteiger partial charge in [0, 0.05) is 25.9 Å². The van der Waals surface area contributed by atoms with Crippen molar-refractivity contribution in [2.45, 2.75) is 32.6 Å². The Morgan fingerprint density at radius 1 is 1.28 bits per heavy atom. The number of ether oxygens (including phenoxy) is 1. The van der Waals surface area contributed by atoms with Crippen LogP contribution in [0.4, 0.5) is 0 Å². The van der Waals surface area contributed by atoms with Crippen molar-refractivity contribution in [2.75, 3.05) is 20.2 Å². The fraction of sp³-hybridized carbons (Fsp3) is 0.500. The quantitative estimate of drug-likeness (QED) is 0.774. The molecule has 0 saturated carbocycles. The van der Waals surface area contributed by atoms with Crippen LogP contribution in [-0.2, 0) is 17.6 Å². The summed E-state index contributed by atoms with van der Waals surface area (Å²) in [7, 11) is 1.36. The normalized spacial score (nSPS) is 15.4. The number of furan rings is 1. The molecule has 7 nitrogen and oxygen atoms in total. The van der Waals surface area contributed by atoms with Crippen molar-refractivity contribution in [3.63, 3.8) is 0 Å². The molecule has 1 aliphatic heterocycles. The number of amides is 1. The van der Waals surface area contributed by atoms with Crippen LogP contribution in [0.25, 0.3) is 0 Å². The molecule has 1 fully saturated rings. The van der Waals surface area contributed by atoms with Crippen LogP contribution >= 0.6 is 0 Å². The first kappa shape index (κ1) is 17.3. The molecular formula is C18H22N2O5. The van der Waals surface area contributed by atoms with E-state index < -0.39 is 0 Å².